The second-order valence-corrected chi connectivity index (χ2v) is 4.56. The summed E-state index contributed by atoms with van der Waals surface area (Å²) in [6, 6.07) is 15.7. The summed E-state index contributed by atoms with van der Waals surface area (Å²) in [5.41, 5.74) is 4.12. The molecule has 0 atom stereocenters. The van der Waals surface area contributed by atoms with Crippen LogP contribution in [0, 0.1) is 0 Å². The van der Waals surface area contributed by atoms with Crippen molar-refractivity contribution in [1.82, 2.24) is 0 Å². The topological polar surface area (TPSA) is 26.3 Å². The van der Waals surface area contributed by atoms with Gasteiger partial charge in [-0.1, -0.05) is 42.5 Å². The molecule has 3 rings (SSSR count). The van der Waals surface area contributed by atoms with E-state index in [1.165, 1.54) is 0 Å². The van der Waals surface area contributed by atoms with Crippen molar-refractivity contribution in [3.63, 3.8) is 0 Å². The molecule has 0 unspecified atom stereocenters. The van der Waals surface area contributed by atoms with Crippen molar-refractivity contribution in [3.05, 3.63) is 71.3 Å². The Morgan fingerprint density at radius 1 is 1.05 bits per heavy atom. The normalized spacial score (nSPS) is 13.2. The second kappa shape index (κ2) is 4.73. The molecule has 94 valence electrons. The molecule has 0 aliphatic carbocycles. The highest BCUT2D eigenvalue weighted by Crippen LogP contribution is 2.33. The second-order valence-electron chi connectivity index (χ2n) is 4.56. The van der Waals surface area contributed by atoms with Crippen LogP contribution in [0.4, 0.5) is 0 Å². The first-order valence-electron chi connectivity index (χ1n) is 6.29. The van der Waals surface area contributed by atoms with E-state index < -0.39 is 0 Å². The average Bonchev–Trinajstić information content (AvgIpc) is 2.47. The van der Waals surface area contributed by atoms with Crippen LogP contribution in [-0.4, -0.2) is 12.4 Å². The van der Waals surface area contributed by atoms with E-state index in [2.05, 4.69) is 12.1 Å². The predicted molar refractivity (Wildman–Crippen MR) is 75.5 cm³/mol. The van der Waals surface area contributed by atoms with E-state index in [0.29, 0.717) is 6.61 Å². The molecular formula is C17H14O2. The highest BCUT2D eigenvalue weighted by Gasteiger charge is 2.14. The van der Waals surface area contributed by atoms with E-state index in [4.69, 9.17) is 4.74 Å². The quantitative estimate of drug-likeness (QED) is 0.759. The number of rotatable bonds is 2. The molecule has 1 aliphatic rings. The van der Waals surface area contributed by atoms with Crippen LogP contribution < -0.4 is 4.74 Å². The molecule has 19 heavy (non-hydrogen) atoms. The summed E-state index contributed by atoms with van der Waals surface area (Å²) in [6.45, 7) is 2.17. The van der Waals surface area contributed by atoms with Gasteiger partial charge in [0.2, 0.25) is 0 Å². The summed E-state index contributed by atoms with van der Waals surface area (Å²) in [5, 5.41) is 0. The molecule has 0 saturated carbocycles. The molecule has 2 aromatic rings. The zero-order chi connectivity index (χ0) is 13.2. The third kappa shape index (κ3) is 2.17. The SMILES string of the molecule is CC(=O)c1ccc(C2=CCOc3ccccc32)cc1. The van der Waals surface area contributed by atoms with Crippen molar-refractivity contribution in [2.45, 2.75) is 6.92 Å². The van der Waals surface area contributed by atoms with Crippen LogP contribution in [0.5, 0.6) is 5.75 Å². The predicted octanol–water partition coefficient (Wildman–Crippen LogP) is 3.71. The van der Waals surface area contributed by atoms with Gasteiger partial charge in [-0.2, -0.15) is 0 Å². The molecule has 2 nitrogen and oxygen atoms in total. The standard InChI is InChI=1S/C17H14O2/c1-12(18)13-6-8-14(9-7-13)15-10-11-19-17-5-3-2-4-16(15)17/h2-10H,11H2,1H3. The molecule has 1 heterocycles. The number of fused-ring (bicyclic) bond motifs is 1. The molecule has 2 heteroatoms. The number of para-hydroxylation sites is 1. The van der Waals surface area contributed by atoms with Gasteiger partial charge in [0.1, 0.15) is 12.4 Å². The van der Waals surface area contributed by atoms with E-state index in [1.54, 1.807) is 6.92 Å². The monoisotopic (exact) mass is 250 g/mol. The number of carbonyl (C=O) groups excluding carboxylic acids is 1. The van der Waals surface area contributed by atoms with Crippen molar-refractivity contribution in [2.24, 2.45) is 0 Å². The summed E-state index contributed by atoms with van der Waals surface area (Å²) < 4.78 is 5.61. The Labute approximate surface area is 112 Å². The maximum Gasteiger partial charge on any atom is 0.159 e. The number of hydrogen-bond donors (Lipinski definition) is 0. The summed E-state index contributed by atoms with van der Waals surface area (Å²) >= 11 is 0. The lowest BCUT2D eigenvalue weighted by Crippen LogP contribution is -2.05. The fraction of sp³-hybridized carbons (Fsp3) is 0.118. The van der Waals surface area contributed by atoms with Gasteiger partial charge in [0.05, 0.1) is 0 Å². The molecule has 0 spiro atoms. The van der Waals surface area contributed by atoms with Gasteiger partial charge in [-0.3, -0.25) is 4.79 Å². The van der Waals surface area contributed by atoms with Crippen LogP contribution in [0.2, 0.25) is 0 Å². The number of ether oxygens (including phenoxy) is 1. The van der Waals surface area contributed by atoms with Crippen molar-refractivity contribution < 1.29 is 9.53 Å². The lowest BCUT2D eigenvalue weighted by molar-refractivity contribution is 0.101. The average molecular weight is 250 g/mol. The van der Waals surface area contributed by atoms with Crippen LogP contribution in [0.3, 0.4) is 0 Å². The Kier molecular flexibility index (Phi) is 2.92. The molecular weight excluding hydrogens is 236 g/mol. The van der Waals surface area contributed by atoms with Gasteiger partial charge in [-0.15, -0.1) is 0 Å². The smallest absolute Gasteiger partial charge is 0.159 e. The maximum atomic E-state index is 11.3. The molecule has 0 N–H and O–H groups in total. The van der Waals surface area contributed by atoms with Gasteiger partial charge in [0, 0.05) is 11.1 Å². The first kappa shape index (κ1) is 11.7. The molecule has 0 saturated heterocycles. The number of Topliss-reactive ketones (excluding diaryl/α,β-unsaturated/α-hetero) is 1. The third-order valence-corrected chi connectivity index (χ3v) is 3.31. The molecule has 2 aromatic carbocycles. The van der Waals surface area contributed by atoms with Crippen LogP contribution in [0.1, 0.15) is 28.4 Å². The van der Waals surface area contributed by atoms with E-state index >= 15 is 0 Å². The lowest BCUT2D eigenvalue weighted by atomic mass is 9.94. The van der Waals surface area contributed by atoms with Gasteiger partial charge in [0.25, 0.3) is 0 Å². The highest BCUT2D eigenvalue weighted by atomic mass is 16.5. The number of carbonyl (C=O) groups is 1. The minimum absolute atomic E-state index is 0.0907. The van der Waals surface area contributed by atoms with Crippen molar-refractivity contribution >= 4 is 11.4 Å². The fourth-order valence-corrected chi connectivity index (χ4v) is 2.30. The zero-order valence-electron chi connectivity index (χ0n) is 10.7. The molecule has 0 aromatic heterocycles. The first-order chi connectivity index (χ1) is 9.25. The molecule has 0 radical (unpaired) electrons. The van der Waals surface area contributed by atoms with E-state index in [-0.39, 0.29) is 5.78 Å². The summed E-state index contributed by atoms with van der Waals surface area (Å²) in [7, 11) is 0. The number of benzene rings is 2. The third-order valence-electron chi connectivity index (χ3n) is 3.31. The Morgan fingerprint density at radius 2 is 1.79 bits per heavy atom. The summed E-state index contributed by atoms with van der Waals surface area (Å²) in [5.74, 6) is 1.00. The van der Waals surface area contributed by atoms with Crippen molar-refractivity contribution in [1.29, 1.82) is 0 Å². The first-order valence-corrected chi connectivity index (χ1v) is 6.29. The van der Waals surface area contributed by atoms with E-state index in [1.807, 2.05) is 42.5 Å². The minimum atomic E-state index is 0.0907. The fourth-order valence-electron chi connectivity index (χ4n) is 2.30. The lowest BCUT2D eigenvalue weighted by Gasteiger charge is -2.18. The molecule has 1 aliphatic heterocycles. The Hall–Kier alpha value is -2.35. The van der Waals surface area contributed by atoms with Gasteiger partial charge in [0.15, 0.2) is 5.78 Å². The molecule has 0 amide bonds. The number of hydrogen-bond acceptors (Lipinski definition) is 2. The van der Waals surface area contributed by atoms with Crippen LogP contribution in [0.15, 0.2) is 54.6 Å². The van der Waals surface area contributed by atoms with Gasteiger partial charge in [-0.25, -0.2) is 0 Å². The molecule has 0 fully saturated rings. The zero-order valence-corrected chi connectivity index (χ0v) is 10.7. The maximum absolute atomic E-state index is 11.3. The summed E-state index contributed by atoms with van der Waals surface area (Å²) in [6.07, 6.45) is 2.07. The minimum Gasteiger partial charge on any atom is -0.489 e. The largest absolute Gasteiger partial charge is 0.489 e. The Morgan fingerprint density at radius 3 is 2.53 bits per heavy atom. The van der Waals surface area contributed by atoms with Crippen LogP contribution in [0.25, 0.3) is 5.57 Å². The Balaban J connectivity index is 2.03. The van der Waals surface area contributed by atoms with Crippen LogP contribution >= 0.6 is 0 Å². The number of ketones is 1. The highest BCUT2D eigenvalue weighted by molar-refractivity contribution is 5.94. The summed E-state index contributed by atoms with van der Waals surface area (Å²) in [4.78, 5) is 11.3. The van der Waals surface area contributed by atoms with E-state index in [0.717, 1.165) is 28.0 Å². The van der Waals surface area contributed by atoms with Gasteiger partial charge < -0.3 is 4.74 Å². The van der Waals surface area contributed by atoms with Crippen molar-refractivity contribution in [2.75, 3.05) is 6.61 Å². The van der Waals surface area contributed by atoms with Gasteiger partial charge >= 0.3 is 0 Å². The van der Waals surface area contributed by atoms with Crippen LogP contribution in [-0.2, 0) is 0 Å². The van der Waals surface area contributed by atoms with E-state index in [9.17, 15) is 4.79 Å². The Bertz CT molecular complexity index is 651. The molecule has 0 bridgehead atoms. The van der Waals surface area contributed by atoms with Crippen molar-refractivity contribution in [3.8, 4) is 5.75 Å². The van der Waals surface area contributed by atoms with Gasteiger partial charge in [-0.05, 0) is 30.2 Å².